The number of amides is 1. The summed E-state index contributed by atoms with van der Waals surface area (Å²) < 4.78 is 11.2. The maximum Gasteiger partial charge on any atom is 0.410 e. The predicted octanol–water partition coefficient (Wildman–Crippen LogP) is 3.08. The van der Waals surface area contributed by atoms with E-state index in [1.165, 1.54) is 6.42 Å². The molecule has 1 amide bonds. The molecule has 3 saturated heterocycles. The first-order valence-corrected chi connectivity index (χ1v) is 10.3. The van der Waals surface area contributed by atoms with Crippen molar-refractivity contribution in [2.24, 2.45) is 10.4 Å². The molecule has 0 aliphatic carbocycles. The molecular formula is C20H37IN4O3. The van der Waals surface area contributed by atoms with Crippen LogP contribution < -0.4 is 5.32 Å². The Morgan fingerprint density at radius 3 is 2.71 bits per heavy atom. The molecule has 8 heteroatoms. The van der Waals surface area contributed by atoms with E-state index in [0.717, 1.165) is 64.5 Å². The zero-order chi connectivity index (χ0) is 19.5. The Kier molecular flexibility index (Phi) is 8.25. The second kappa shape index (κ2) is 9.82. The minimum Gasteiger partial charge on any atom is -0.444 e. The fourth-order valence-corrected chi connectivity index (χ4v) is 4.40. The molecule has 0 saturated carbocycles. The number of ether oxygens (including phenoxy) is 2. The van der Waals surface area contributed by atoms with Crippen molar-refractivity contribution in [3.63, 3.8) is 0 Å². The molecule has 0 radical (unpaired) electrons. The van der Waals surface area contributed by atoms with E-state index in [1.807, 2.05) is 32.7 Å². The summed E-state index contributed by atoms with van der Waals surface area (Å²) in [6, 6.07) is 0.150. The summed E-state index contributed by atoms with van der Waals surface area (Å²) >= 11 is 0. The van der Waals surface area contributed by atoms with Gasteiger partial charge in [-0.2, -0.15) is 0 Å². The lowest BCUT2D eigenvalue weighted by atomic mass is 9.87. The van der Waals surface area contributed by atoms with Crippen LogP contribution in [0, 0.1) is 5.41 Å². The second-order valence-electron chi connectivity index (χ2n) is 9.23. The number of hydrogen-bond donors (Lipinski definition) is 1. The fraction of sp³-hybridized carbons (Fsp3) is 0.900. The second-order valence-corrected chi connectivity index (χ2v) is 9.23. The Balaban J connectivity index is 0.00000280. The molecule has 2 atom stereocenters. The topological polar surface area (TPSA) is 66.4 Å². The van der Waals surface area contributed by atoms with Crippen LogP contribution in [0.2, 0.25) is 0 Å². The van der Waals surface area contributed by atoms with Crippen LogP contribution in [0.4, 0.5) is 4.79 Å². The quantitative estimate of drug-likeness (QED) is 0.353. The highest BCUT2D eigenvalue weighted by Crippen LogP contribution is 2.38. The summed E-state index contributed by atoms with van der Waals surface area (Å²) in [6.45, 7) is 11.0. The molecule has 0 aromatic heterocycles. The predicted molar refractivity (Wildman–Crippen MR) is 121 cm³/mol. The third-order valence-corrected chi connectivity index (χ3v) is 5.89. The first kappa shape index (κ1) is 23.5. The molecule has 0 aromatic carbocycles. The van der Waals surface area contributed by atoms with E-state index in [1.54, 1.807) is 0 Å². The van der Waals surface area contributed by atoms with Crippen molar-refractivity contribution in [1.82, 2.24) is 15.1 Å². The van der Waals surface area contributed by atoms with E-state index in [0.29, 0.717) is 12.0 Å². The monoisotopic (exact) mass is 508 g/mol. The van der Waals surface area contributed by atoms with Crippen molar-refractivity contribution in [2.45, 2.75) is 64.5 Å². The Hall–Kier alpha value is -0.770. The molecular weight excluding hydrogens is 471 g/mol. The number of rotatable bonds is 2. The largest absolute Gasteiger partial charge is 0.444 e. The van der Waals surface area contributed by atoms with E-state index in [4.69, 9.17) is 9.47 Å². The molecule has 3 heterocycles. The maximum atomic E-state index is 12.6. The molecule has 3 aliphatic heterocycles. The van der Waals surface area contributed by atoms with Gasteiger partial charge in [0.05, 0.1) is 12.6 Å². The van der Waals surface area contributed by atoms with Gasteiger partial charge in [-0.25, -0.2) is 4.79 Å². The smallest absolute Gasteiger partial charge is 0.410 e. The number of hydrogen-bond acceptors (Lipinski definition) is 4. The summed E-state index contributed by atoms with van der Waals surface area (Å²) in [7, 11) is 1.84. The number of halogens is 1. The number of guanidine groups is 1. The van der Waals surface area contributed by atoms with Gasteiger partial charge in [-0.05, 0) is 52.9 Å². The van der Waals surface area contributed by atoms with Crippen LogP contribution in [0.5, 0.6) is 0 Å². The average Bonchev–Trinajstić information content (AvgIpc) is 3.25. The summed E-state index contributed by atoms with van der Waals surface area (Å²) in [5.41, 5.74) is -0.152. The van der Waals surface area contributed by atoms with E-state index < -0.39 is 5.60 Å². The maximum absolute atomic E-state index is 12.6. The van der Waals surface area contributed by atoms with Crippen molar-refractivity contribution < 1.29 is 14.3 Å². The molecule has 28 heavy (non-hydrogen) atoms. The van der Waals surface area contributed by atoms with Gasteiger partial charge >= 0.3 is 6.09 Å². The zero-order valence-corrected chi connectivity index (χ0v) is 20.2. The van der Waals surface area contributed by atoms with Gasteiger partial charge in [0.15, 0.2) is 5.96 Å². The van der Waals surface area contributed by atoms with Gasteiger partial charge < -0.3 is 24.6 Å². The Bertz CT molecular complexity index is 558. The van der Waals surface area contributed by atoms with Crippen molar-refractivity contribution in [3.05, 3.63) is 0 Å². The van der Waals surface area contributed by atoms with Crippen LogP contribution in [-0.4, -0.2) is 79.9 Å². The normalized spacial score (nSPS) is 28.4. The molecule has 1 N–H and O–H groups in total. The number of piperidine rings is 1. The number of nitrogens with one attached hydrogen (secondary N) is 1. The molecule has 7 nitrogen and oxygen atoms in total. The molecule has 1 spiro atoms. The average molecular weight is 508 g/mol. The van der Waals surface area contributed by atoms with E-state index >= 15 is 0 Å². The van der Waals surface area contributed by atoms with Crippen LogP contribution in [0.15, 0.2) is 4.99 Å². The summed E-state index contributed by atoms with van der Waals surface area (Å²) in [5.74, 6) is 0.938. The van der Waals surface area contributed by atoms with Gasteiger partial charge in [-0.1, -0.05) is 0 Å². The van der Waals surface area contributed by atoms with Gasteiger partial charge in [-0.15, -0.1) is 24.0 Å². The highest BCUT2D eigenvalue weighted by atomic mass is 127. The Morgan fingerprint density at radius 1 is 1.29 bits per heavy atom. The zero-order valence-electron chi connectivity index (χ0n) is 17.8. The van der Waals surface area contributed by atoms with E-state index in [9.17, 15) is 4.79 Å². The third-order valence-electron chi connectivity index (χ3n) is 5.89. The lowest BCUT2D eigenvalue weighted by molar-refractivity contribution is 0.0104. The molecule has 0 aromatic rings. The lowest BCUT2D eigenvalue weighted by Gasteiger charge is -2.37. The Labute approximate surface area is 186 Å². The van der Waals surface area contributed by atoms with E-state index in [-0.39, 0.29) is 36.1 Å². The summed E-state index contributed by atoms with van der Waals surface area (Å²) in [5, 5.41) is 3.52. The fourth-order valence-electron chi connectivity index (χ4n) is 4.40. The first-order chi connectivity index (χ1) is 12.8. The van der Waals surface area contributed by atoms with Gasteiger partial charge in [0.25, 0.3) is 0 Å². The van der Waals surface area contributed by atoms with Gasteiger partial charge in [0.1, 0.15) is 5.60 Å². The van der Waals surface area contributed by atoms with Gasteiger partial charge in [-0.3, -0.25) is 4.99 Å². The minimum atomic E-state index is -0.463. The number of aliphatic imine (C=N–C) groups is 1. The lowest BCUT2D eigenvalue weighted by Crippen LogP contribution is -2.52. The molecule has 162 valence electrons. The van der Waals surface area contributed by atoms with Crippen molar-refractivity contribution >= 4 is 36.0 Å². The number of nitrogens with zero attached hydrogens (tertiary/aromatic N) is 3. The molecule has 3 rings (SSSR count). The molecule has 0 bridgehead atoms. The van der Waals surface area contributed by atoms with Crippen LogP contribution >= 0.6 is 24.0 Å². The van der Waals surface area contributed by atoms with Gasteiger partial charge in [0, 0.05) is 45.2 Å². The number of likely N-dealkylation sites (tertiary alicyclic amines) is 2. The van der Waals surface area contributed by atoms with Crippen molar-refractivity contribution in [1.29, 1.82) is 0 Å². The van der Waals surface area contributed by atoms with Crippen molar-refractivity contribution in [3.8, 4) is 0 Å². The Morgan fingerprint density at radius 2 is 2.07 bits per heavy atom. The summed E-state index contributed by atoms with van der Waals surface area (Å²) in [6.07, 6.45) is 5.30. The van der Waals surface area contributed by atoms with Crippen molar-refractivity contribution in [2.75, 3.05) is 46.4 Å². The van der Waals surface area contributed by atoms with Crippen LogP contribution in [-0.2, 0) is 9.47 Å². The molecule has 3 fully saturated rings. The SMILES string of the molecule is CN=C(NCC1CCCCN1C(=O)OC(C)(C)C)N1CCC2(CCOC2)C1.I. The number of carbonyl (C=O) groups is 1. The minimum absolute atomic E-state index is 0. The first-order valence-electron chi connectivity index (χ1n) is 10.3. The third kappa shape index (κ3) is 5.87. The highest BCUT2D eigenvalue weighted by molar-refractivity contribution is 14.0. The van der Waals surface area contributed by atoms with Gasteiger partial charge in [0.2, 0.25) is 0 Å². The molecule has 3 aliphatic rings. The number of carbonyl (C=O) groups excluding carboxylic acids is 1. The summed E-state index contributed by atoms with van der Waals surface area (Å²) in [4.78, 5) is 21.3. The van der Waals surface area contributed by atoms with Crippen LogP contribution in [0.1, 0.15) is 52.9 Å². The standard InChI is InChI=1S/C20H36N4O3.HI/c1-19(2,3)27-18(25)24-10-6-5-7-16(24)13-22-17(21-4)23-11-8-20(14-23)9-12-26-15-20;/h16H,5-15H2,1-4H3,(H,21,22);1H. The highest BCUT2D eigenvalue weighted by Gasteiger charge is 2.42. The van der Waals surface area contributed by atoms with Crippen LogP contribution in [0.25, 0.3) is 0 Å². The van der Waals surface area contributed by atoms with E-state index in [2.05, 4.69) is 15.2 Å². The molecule has 2 unspecified atom stereocenters. The van der Waals surface area contributed by atoms with Crippen LogP contribution in [0.3, 0.4) is 0 Å².